The van der Waals surface area contributed by atoms with E-state index in [0.717, 1.165) is 69.6 Å². The van der Waals surface area contributed by atoms with E-state index in [0.29, 0.717) is 13.2 Å². The van der Waals surface area contributed by atoms with Gasteiger partial charge in [0, 0.05) is 31.7 Å². The number of aliphatic imine (C=N–C) groups is 1. The van der Waals surface area contributed by atoms with Gasteiger partial charge in [-0.15, -0.1) is 24.0 Å². The number of guanidine groups is 1. The molecular formula is C21H35IN4O2. The standard InChI is InChI=1S/C21H34N4O2.HI/c1-3-15-27-20-10-6-5-9-19(20)18-24-21(22-4-2)23-11-7-8-12-25-13-16-26-17-14-25;/h3,5-6,9-10H,1,4,7-8,11-18H2,2H3,(H2,22,23,24);1H. The minimum Gasteiger partial charge on any atom is -0.489 e. The number of morpholine rings is 1. The number of nitrogens with zero attached hydrogens (tertiary/aromatic N) is 2. The van der Waals surface area contributed by atoms with Crippen LogP contribution in [0.1, 0.15) is 25.3 Å². The Morgan fingerprint density at radius 1 is 1.25 bits per heavy atom. The van der Waals surface area contributed by atoms with E-state index in [1.165, 1.54) is 6.42 Å². The van der Waals surface area contributed by atoms with Crippen LogP contribution in [-0.2, 0) is 11.3 Å². The molecule has 2 rings (SSSR count). The minimum absolute atomic E-state index is 0. The van der Waals surface area contributed by atoms with Gasteiger partial charge in [-0.05, 0) is 32.4 Å². The molecule has 0 saturated carbocycles. The first-order valence-corrected chi connectivity index (χ1v) is 9.97. The summed E-state index contributed by atoms with van der Waals surface area (Å²) < 4.78 is 11.1. The van der Waals surface area contributed by atoms with Crippen molar-refractivity contribution in [3.05, 3.63) is 42.5 Å². The van der Waals surface area contributed by atoms with Gasteiger partial charge in [-0.2, -0.15) is 0 Å². The monoisotopic (exact) mass is 502 g/mol. The van der Waals surface area contributed by atoms with Gasteiger partial charge in [0.05, 0.1) is 19.8 Å². The molecule has 28 heavy (non-hydrogen) atoms. The van der Waals surface area contributed by atoms with Crippen LogP contribution in [-0.4, -0.2) is 63.4 Å². The van der Waals surface area contributed by atoms with Crippen LogP contribution in [0.15, 0.2) is 41.9 Å². The van der Waals surface area contributed by atoms with E-state index in [9.17, 15) is 0 Å². The Morgan fingerprint density at radius 3 is 2.79 bits per heavy atom. The van der Waals surface area contributed by atoms with Crippen molar-refractivity contribution in [2.45, 2.75) is 26.3 Å². The molecule has 1 saturated heterocycles. The molecule has 1 heterocycles. The number of hydrogen-bond donors (Lipinski definition) is 2. The second-order valence-electron chi connectivity index (χ2n) is 6.49. The third kappa shape index (κ3) is 9.75. The Morgan fingerprint density at radius 2 is 2.04 bits per heavy atom. The number of halogens is 1. The van der Waals surface area contributed by atoms with Crippen molar-refractivity contribution < 1.29 is 9.47 Å². The third-order valence-electron chi connectivity index (χ3n) is 4.38. The van der Waals surface area contributed by atoms with Gasteiger partial charge in [0.2, 0.25) is 0 Å². The highest BCUT2D eigenvalue weighted by Crippen LogP contribution is 2.18. The normalized spacial score (nSPS) is 14.8. The van der Waals surface area contributed by atoms with Crippen molar-refractivity contribution >= 4 is 29.9 Å². The number of hydrogen-bond acceptors (Lipinski definition) is 4. The quantitative estimate of drug-likeness (QED) is 0.160. The summed E-state index contributed by atoms with van der Waals surface area (Å²) in [6, 6.07) is 8.01. The molecule has 0 aromatic heterocycles. The Bertz CT molecular complexity index is 577. The summed E-state index contributed by atoms with van der Waals surface area (Å²) in [6.07, 6.45) is 4.06. The number of rotatable bonds is 11. The SMILES string of the molecule is C=CCOc1ccccc1CN=C(NCC)NCCCCN1CCOCC1.I. The van der Waals surface area contributed by atoms with Gasteiger partial charge in [-0.25, -0.2) is 4.99 Å². The summed E-state index contributed by atoms with van der Waals surface area (Å²) in [4.78, 5) is 7.18. The fourth-order valence-corrected chi connectivity index (χ4v) is 2.92. The molecule has 0 spiro atoms. The van der Waals surface area contributed by atoms with Crippen molar-refractivity contribution in [2.75, 3.05) is 52.5 Å². The van der Waals surface area contributed by atoms with Gasteiger partial charge < -0.3 is 20.1 Å². The zero-order valence-electron chi connectivity index (χ0n) is 17.0. The van der Waals surface area contributed by atoms with Crippen LogP contribution < -0.4 is 15.4 Å². The molecule has 1 aliphatic heterocycles. The van der Waals surface area contributed by atoms with Crippen LogP contribution in [0, 0.1) is 0 Å². The molecule has 1 aromatic carbocycles. The smallest absolute Gasteiger partial charge is 0.191 e. The number of para-hydroxylation sites is 1. The first-order valence-electron chi connectivity index (χ1n) is 9.97. The fraction of sp³-hybridized carbons (Fsp3) is 0.571. The lowest BCUT2D eigenvalue weighted by atomic mass is 10.2. The molecular weight excluding hydrogens is 467 g/mol. The van der Waals surface area contributed by atoms with Crippen molar-refractivity contribution in [3.8, 4) is 5.75 Å². The summed E-state index contributed by atoms with van der Waals surface area (Å²) in [5, 5.41) is 6.74. The zero-order valence-corrected chi connectivity index (χ0v) is 19.3. The Balaban J connectivity index is 0.00000392. The van der Waals surface area contributed by atoms with Crippen molar-refractivity contribution in [2.24, 2.45) is 4.99 Å². The minimum atomic E-state index is 0. The zero-order chi connectivity index (χ0) is 19.2. The van der Waals surface area contributed by atoms with Gasteiger partial charge in [0.1, 0.15) is 12.4 Å². The maximum Gasteiger partial charge on any atom is 0.191 e. The Labute approximate surface area is 186 Å². The summed E-state index contributed by atoms with van der Waals surface area (Å²) in [6.45, 7) is 13.6. The average Bonchev–Trinajstić information content (AvgIpc) is 2.71. The molecule has 7 heteroatoms. The Hall–Kier alpha value is -1.32. The predicted molar refractivity (Wildman–Crippen MR) is 127 cm³/mol. The lowest BCUT2D eigenvalue weighted by Crippen LogP contribution is -2.39. The first-order chi connectivity index (χ1) is 13.3. The number of benzene rings is 1. The van der Waals surface area contributed by atoms with E-state index in [2.05, 4.69) is 29.0 Å². The van der Waals surface area contributed by atoms with Crippen LogP contribution in [0.5, 0.6) is 5.75 Å². The van der Waals surface area contributed by atoms with E-state index >= 15 is 0 Å². The van der Waals surface area contributed by atoms with Gasteiger partial charge in [-0.1, -0.05) is 30.9 Å². The predicted octanol–water partition coefficient (Wildman–Crippen LogP) is 3.04. The maximum atomic E-state index is 5.71. The lowest BCUT2D eigenvalue weighted by Gasteiger charge is -2.26. The highest BCUT2D eigenvalue weighted by Gasteiger charge is 2.09. The molecule has 0 unspecified atom stereocenters. The molecule has 1 fully saturated rings. The van der Waals surface area contributed by atoms with Gasteiger partial charge >= 0.3 is 0 Å². The molecule has 158 valence electrons. The van der Waals surface area contributed by atoms with Crippen LogP contribution in [0.25, 0.3) is 0 Å². The molecule has 1 aromatic rings. The summed E-state index contributed by atoms with van der Waals surface area (Å²) in [5.74, 6) is 1.71. The molecule has 6 nitrogen and oxygen atoms in total. The van der Waals surface area contributed by atoms with Crippen molar-refractivity contribution in [1.29, 1.82) is 0 Å². The van der Waals surface area contributed by atoms with E-state index in [1.54, 1.807) is 6.08 Å². The van der Waals surface area contributed by atoms with E-state index < -0.39 is 0 Å². The van der Waals surface area contributed by atoms with Gasteiger partial charge in [-0.3, -0.25) is 4.90 Å². The molecule has 0 amide bonds. The number of ether oxygens (including phenoxy) is 2. The highest BCUT2D eigenvalue weighted by molar-refractivity contribution is 14.0. The van der Waals surface area contributed by atoms with Crippen LogP contribution >= 0.6 is 24.0 Å². The molecule has 0 bridgehead atoms. The van der Waals surface area contributed by atoms with Crippen molar-refractivity contribution in [1.82, 2.24) is 15.5 Å². The molecule has 0 atom stereocenters. The molecule has 2 N–H and O–H groups in total. The van der Waals surface area contributed by atoms with E-state index in [1.807, 2.05) is 24.3 Å². The summed E-state index contributed by atoms with van der Waals surface area (Å²) in [7, 11) is 0. The lowest BCUT2D eigenvalue weighted by molar-refractivity contribution is 0.0372. The Kier molecular flexibility index (Phi) is 13.8. The number of nitrogens with one attached hydrogen (secondary N) is 2. The second kappa shape index (κ2) is 15.6. The second-order valence-corrected chi connectivity index (χ2v) is 6.49. The first kappa shape index (κ1) is 24.7. The third-order valence-corrected chi connectivity index (χ3v) is 4.38. The van der Waals surface area contributed by atoms with E-state index in [-0.39, 0.29) is 24.0 Å². The molecule has 1 aliphatic rings. The highest BCUT2D eigenvalue weighted by atomic mass is 127. The van der Waals surface area contributed by atoms with Gasteiger partial charge in [0.15, 0.2) is 5.96 Å². The largest absolute Gasteiger partial charge is 0.489 e. The van der Waals surface area contributed by atoms with Crippen LogP contribution in [0.4, 0.5) is 0 Å². The van der Waals surface area contributed by atoms with Crippen LogP contribution in [0.2, 0.25) is 0 Å². The average molecular weight is 502 g/mol. The summed E-state index contributed by atoms with van der Waals surface area (Å²) >= 11 is 0. The topological polar surface area (TPSA) is 58.1 Å². The molecule has 0 aliphatic carbocycles. The van der Waals surface area contributed by atoms with Crippen molar-refractivity contribution in [3.63, 3.8) is 0 Å². The molecule has 0 radical (unpaired) electrons. The fourth-order valence-electron chi connectivity index (χ4n) is 2.92. The van der Waals surface area contributed by atoms with Crippen LogP contribution in [0.3, 0.4) is 0 Å². The summed E-state index contributed by atoms with van der Waals surface area (Å²) in [5.41, 5.74) is 1.07. The van der Waals surface area contributed by atoms with E-state index in [4.69, 9.17) is 14.5 Å². The van der Waals surface area contributed by atoms with Gasteiger partial charge in [0.25, 0.3) is 0 Å². The number of unbranched alkanes of at least 4 members (excludes halogenated alkanes) is 1. The maximum absolute atomic E-state index is 5.71.